The van der Waals surface area contributed by atoms with E-state index in [9.17, 15) is 4.79 Å². The molecule has 6 heteroatoms. The highest BCUT2D eigenvalue weighted by atomic mass is 16.1. The molecule has 0 unspecified atom stereocenters. The second kappa shape index (κ2) is 5.70. The number of rotatable bonds is 3. The summed E-state index contributed by atoms with van der Waals surface area (Å²) in [5.74, 6) is 0.521. The summed E-state index contributed by atoms with van der Waals surface area (Å²) in [5, 5.41) is 7.17. The van der Waals surface area contributed by atoms with Crippen LogP contribution in [0.1, 0.15) is 34.5 Å². The maximum Gasteiger partial charge on any atom is 0.252 e. The zero-order valence-electron chi connectivity index (χ0n) is 13.8. The number of fused-ring (bicyclic) bond motifs is 2. The van der Waals surface area contributed by atoms with Gasteiger partial charge in [-0.15, -0.1) is 0 Å². The quantitative estimate of drug-likeness (QED) is 0.804. The monoisotopic (exact) mass is 321 g/mol. The summed E-state index contributed by atoms with van der Waals surface area (Å²) in [5.41, 5.74) is 6.24. The highest BCUT2D eigenvalue weighted by Crippen LogP contribution is 2.25. The summed E-state index contributed by atoms with van der Waals surface area (Å²) in [7, 11) is 0. The van der Waals surface area contributed by atoms with Crippen molar-refractivity contribution >= 4 is 17.4 Å². The van der Waals surface area contributed by atoms with Crippen molar-refractivity contribution in [2.45, 2.75) is 39.5 Å². The van der Waals surface area contributed by atoms with Crippen LogP contribution in [0.5, 0.6) is 0 Å². The van der Waals surface area contributed by atoms with Crippen LogP contribution >= 0.6 is 0 Å². The molecule has 1 N–H and O–H groups in total. The van der Waals surface area contributed by atoms with Gasteiger partial charge in [-0.1, -0.05) is 6.07 Å². The SMILES string of the molecule is Cc1nc2ncnn2c(C)c1CC(=O)Nc1ccc2c(c1)CCC2. The molecule has 1 aromatic carbocycles. The Bertz CT molecular complexity index is 944. The van der Waals surface area contributed by atoms with Crippen LogP contribution in [0.4, 0.5) is 5.69 Å². The summed E-state index contributed by atoms with van der Waals surface area (Å²) >= 11 is 0. The van der Waals surface area contributed by atoms with Gasteiger partial charge in [0.05, 0.1) is 6.42 Å². The molecule has 1 aliphatic carbocycles. The third-order valence-corrected chi connectivity index (χ3v) is 4.71. The van der Waals surface area contributed by atoms with Gasteiger partial charge < -0.3 is 5.32 Å². The fourth-order valence-electron chi connectivity index (χ4n) is 3.43. The van der Waals surface area contributed by atoms with E-state index in [1.807, 2.05) is 19.9 Å². The molecule has 0 saturated heterocycles. The van der Waals surface area contributed by atoms with Gasteiger partial charge in [-0.25, -0.2) is 9.50 Å². The van der Waals surface area contributed by atoms with Crippen molar-refractivity contribution in [1.29, 1.82) is 0 Å². The fraction of sp³-hybridized carbons (Fsp3) is 0.333. The van der Waals surface area contributed by atoms with Gasteiger partial charge in [0.1, 0.15) is 6.33 Å². The Morgan fingerprint density at radius 3 is 2.96 bits per heavy atom. The molecular weight excluding hydrogens is 302 g/mol. The summed E-state index contributed by atoms with van der Waals surface area (Å²) < 4.78 is 1.67. The molecule has 0 fully saturated rings. The van der Waals surface area contributed by atoms with Crippen molar-refractivity contribution in [2.24, 2.45) is 0 Å². The zero-order chi connectivity index (χ0) is 16.7. The van der Waals surface area contributed by atoms with Crippen LogP contribution in [0.15, 0.2) is 24.5 Å². The first-order valence-electron chi connectivity index (χ1n) is 8.19. The van der Waals surface area contributed by atoms with E-state index in [0.29, 0.717) is 5.78 Å². The minimum atomic E-state index is -0.0413. The first-order chi connectivity index (χ1) is 11.6. The molecule has 6 nitrogen and oxygen atoms in total. The topological polar surface area (TPSA) is 72.2 Å². The molecule has 0 atom stereocenters. The Labute approximate surface area is 139 Å². The maximum atomic E-state index is 12.5. The van der Waals surface area contributed by atoms with Crippen LogP contribution < -0.4 is 5.32 Å². The molecule has 0 spiro atoms. The van der Waals surface area contributed by atoms with Crippen molar-refractivity contribution < 1.29 is 4.79 Å². The van der Waals surface area contributed by atoms with Crippen molar-refractivity contribution in [3.63, 3.8) is 0 Å². The highest BCUT2D eigenvalue weighted by Gasteiger charge is 2.16. The Kier molecular flexibility index (Phi) is 3.52. The predicted octanol–water partition coefficient (Wildman–Crippen LogP) is 2.41. The first-order valence-corrected chi connectivity index (χ1v) is 8.19. The molecule has 0 saturated carbocycles. The molecule has 1 amide bonds. The number of aromatic nitrogens is 4. The van der Waals surface area contributed by atoms with E-state index >= 15 is 0 Å². The third-order valence-electron chi connectivity index (χ3n) is 4.71. The number of nitrogens with zero attached hydrogens (tertiary/aromatic N) is 4. The number of amides is 1. The molecule has 1 aliphatic rings. The van der Waals surface area contributed by atoms with Gasteiger partial charge in [0.15, 0.2) is 0 Å². The van der Waals surface area contributed by atoms with Gasteiger partial charge in [0.2, 0.25) is 5.91 Å². The molecule has 2 aromatic heterocycles. The van der Waals surface area contributed by atoms with Crippen molar-refractivity contribution in [2.75, 3.05) is 5.32 Å². The lowest BCUT2D eigenvalue weighted by Gasteiger charge is -2.11. The van der Waals surface area contributed by atoms with E-state index < -0.39 is 0 Å². The molecule has 0 aliphatic heterocycles. The van der Waals surface area contributed by atoms with E-state index in [2.05, 4.69) is 32.5 Å². The Morgan fingerprint density at radius 2 is 2.08 bits per heavy atom. The number of hydrogen-bond donors (Lipinski definition) is 1. The van der Waals surface area contributed by atoms with Crippen LogP contribution in [0, 0.1) is 13.8 Å². The van der Waals surface area contributed by atoms with E-state index in [-0.39, 0.29) is 12.3 Å². The van der Waals surface area contributed by atoms with E-state index in [4.69, 9.17) is 0 Å². The number of nitrogens with one attached hydrogen (secondary N) is 1. The second-order valence-corrected chi connectivity index (χ2v) is 6.30. The van der Waals surface area contributed by atoms with Gasteiger partial charge in [0.25, 0.3) is 5.78 Å². The predicted molar refractivity (Wildman–Crippen MR) is 91.1 cm³/mol. The smallest absolute Gasteiger partial charge is 0.252 e. The van der Waals surface area contributed by atoms with Crippen LogP contribution in [-0.2, 0) is 24.1 Å². The summed E-state index contributed by atoms with van der Waals surface area (Å²) in [4.78, 5) is 21.0. The zero-order valence-corrected chi connectivity index (χ0v) is 13.8. The van der Waals surface area contributed by atoms with Crippen molar-refractivity contribution in [1.82, 2.24) is 19.6 Å². The van der Waals surface area contributed by atoms with E-state index in [1.165, 1.54) is 23.9 Å². The van der Waals surface area contributed by atoms with Gasteiger partial charge in [0, 0.05) is 22.6 Å². The highest BCUT2D eigenvalue weighted by molar-refractivity contribution is 5.92. The standard InChI is InChI=1S/C18H19N5O/c1-11-16(12(2)23-18(21-11)19-10-20-23)9-17(24)22-15-7-6-13-4-3-5-14(13)8-15/h6-8,10H,3-5,9H2,1-2H3,(H,22,24). The molecule has 3 aromatic rings. The Morgan fingerprint density at radius 1 is 1.25 bits per heavy atom. The van der Waals surface area contributed by atoms with Gasteiger partial charge >= 0.3 is 0 Å². The molecule has 4 rings (SSSR count). The van der Waals surface area contributed by atoms with Gasteiger partial charge in [-0.2, -0.15) is 10.1 Å². The van der Waals surface area contributed by atoms with Crippen LogP contribution in [0.25, 0.3) is 5.78 Å². The molecule has 24 heavy (non-hydrogen) atoms. The minimum Gasteiger partial charge on any atom is -0.326 e. The van der Waals surface area contributed by atoms with Crippen molar-refractivity contribution in [3.05, 3.63) is 52.6 Å². The Balaban J connectivity index is 1.56. The number of benzene rings is 1. The lowest BCUT2D eigenvalue weighted by Crippen LogP contribution is -2.18. The van der Waals surface area contributed by atoms with Gasteiger partial charge in [-0.05, 0) is 56.4 Å². The number of carbonyl (C=O) groups excluding carboxylic acids is 1. The van der Waals surface area contributed by atoms with Crippen LogP contribution in [-0.4, -0.2) is 25.5 Å². The number of anilines is 1. The molecule has 0 radical (unpaired) electrons. The first kappa shape index (κ1) is 14.8. The largest absolute Gasteiger partial charge is 0.326 e. The number of aryl methyl sites for hydroxylation is 4. The number of carbonyl (C=O) groups is 1. The lowest BCUT2D eigenvalue weighted by atomic mass is 10.1. The molecule has 2 heterocycles. The lowest BCUT2D eigenvalue weighted by molar-refractivity contribution is -0.115. The maximum absolute atomic E-state index is 12.5. The van der Waals surface area contributed by atoms with Gasteiger partial charge in [-0.3, -0.25) is 4.79 Å². The van der Waals surface area contributed by atoms with E-state index in [1.54, 1.807) is 4.52 Å². The summed E-state index contributed by atoms with van der Waals surface area (Å²) in [6, 6.07) is 6.21. The summed E-state index contributed by atoms with van der Waals surface area (Å²) in [6.45, 7) is 3.84. The number of hydrogen-bond acceptors (Lipinski definition) is 4. The summed E-state index contributed by atoms with van der Waals surface area (Å²) in [6.07, 6.45) is 5.20. The normalized spacial score (nSPS) is 13.2. The van der Waals surface area contributed by atoms with Crippen LogP contribution in [0.2, 0.25) is 0 Å². The van der Waals surface area contributed by atoms with E-state index in [0.717, 1.165) is 35.5 Å². The minimum absolute atomic E-state index is 0.0413. The molecule has 122 valence electrons. The average Bonchev–Trinajstić information content (AvgIpc) is 3.19. The average molecular weight is 321 g/mol. The molecule has 0 bridgehead atoms. The fourth-order valence-corrected chi connectivity index (χ4v) is 3.43. The third kappa shape index (κ3) is 2.54. The van der Waals surface area contributed by atoms with Crippen LogP contribution in [0.3, 0.4) is 0 Å². The second-order valence-electron chi connectivity index (χ2n) is 6.30. The van der Waals surface area contributed by atoms with Crippen molar-refractivity contribution in [3.8, 4) is 0 Å². The Hall–Kier alpha value is -2.76. The molecular formula is C18H19N5O.